The first-order valence-electron chi connectivity index (χ1n) is 4.06. The van der Waals surface area contributed by atoms with Gasteiger partial charge in [-0.05, 0) is 13.0 Å². The minimum Gasteiger partial charge on any atom is -0.315 e. The van der Waals surface area contributed by atoms with Gasteiger partial charge in [-0.2, -0.15) is 0 Å². The summed E-state index contributed by atoms with van der Waals surface area (Å²) in [6.45, 7) is 4.75. The van der Waals surface area contributed by atoms with E-state index in [1.807, 2.05) is 0 Å². The molecule has 2 rings (SSSR count). The van der Waals surface area contributed by atoms with E-state index in [4.69, 9.17) is 0 Å². The van der Waals surface area contributed by atoms with Crippen LogP contribution in [0.25, 0.3) is 0 Å². The largest absolute Gasteiger partial charge is 0.315 e. The predicted octanol–water partition coefficient (Wildman–Crippen LogP) is 0.220. The maximum absolute atomic E-state index is 3.38. The summed E-state index contributed by atoms with van der Waals surface area (Å²) in [5.41, 5.74) is 0. The SMILES string of the molecule is C1=CCN([C@@H]2CCNC2)C1. The third-order valence-electron chi connectivity index (χ3n) is 2.40. The number of hydrogen-bond donors (Lipinski definition) is 1. The summed E-state index contributed by atoms with van der Waals surface area (Å²) in [6, 6.07) is 0.815. The van der Waals surface area contributed by atoms with Gasteiger partial charge in [0.15, 0.2) is 0 Å². The molecule has 1 saturated heterocycles. The molecule has 0 unspecified atom stereocenters. The van der Waals surface area contributed by atoms with Gasteiger partial charge in [0, 0.05) is 25.7 Å². The van der Waals surface area contributed by atoms with E-state index in [1.54, 1.807) is 0 Å². The summed E-state index contributed by atoms with van der Waals surface area (Å²) in [4.78, 5) is 2.53. The molecule has 1 fully saturated rings. The maximum Gasteiger partial charge on any atom is 0.0239 e. The lowest BCUT2D eigenvalue weighted by atomic mass is 10.2. The van der Waals surface area contributed by atoms with Gasteiger partial charge >= 0.3 is 0 Å². The Labute approximate surface area is 61.9 Å². The van der Waals surface area contributed by atoms with Crippen LogP contribution < -0.4 is 5.32 Å². The van der Waals surface area contributed by atoms with E-state index in [-0.39, 0.29) is 0 Å². The Morgan fingerprint density at radius 2 is 2.10 bits per heavy atom. The Morgan fingerprint density at radius 3 is 2.70 bits per heavy atom. The van der Waals surface area contributed by atoms with Crippen molar-refractivity contribution in [2.75, 3.05) is 26.2 Å². The van der Waals surface area contributed by atoms with Crippen LogP contribution in [-0.2, 0) is 0 Å². The van der Waals surface area contributed by atoms with Gasteiger partial charge in [-0.15, -0.1) is 0 Å². The summed E-state index contributed by atoms with van der Waals surface area (Å²) < 4.78 is 0. The Hall–Kier alpha value is -0.340. The Balaban J connectivity index is 1.87. The molecule has 2 aliphatic heterocycles. The molecule has 0 saturated carbocycles. The Kier molecular flexibility index (Phi) is 1.74. The van der Waals surface area contributed by atoms with Gasteiger partial charge in [-0.3, -0.25) is 4.90 Å². The topological polar surface area (TPSA) is 15.3 Å². The van der Waals surface area contributed by atoms with E-state index in [0.717, 1.165) is 6.04 Å². The highest BCUT2D eigenvalue weighted by atomic mass is 15.2. The summed E-state index contributed by atoms with van der Waals surface area (Å²) >= 11 is 0. The molecule has 2 heterocycles. The van der Waals surface area contributed by atoms with Crippen LogP contribution in [0.5, 0.6) is 0 Å². The van der Waals surface area contributed by atoms with E-state index >= 15 is 0 Å². The third-order valence-corrected chi connectivity index (χ3v) is 2.40. The zero-order valence-corrected chi connectivity index (χ0v) is 6.21. The van der Waals surface area contributed by atoms with Crippen molar-refractivity contribution in [3.8, 4) is 0 Å². The van der Waals surface area contributed by atoms with Crippen LogP contribution in [0.2, 0.25) is 0 Å². The summed E-state index contributed by atoms with van der Waals surface area (Å²) in [5.74, 6) is 0. The highest BCUT2D eigenvalue weighted by Crippen LogP contribution is 2.10. The number of nitrogens with one attached hydrogen (secondary N) is 1. The molecule has 0 radical (unpaired) electrons. The predicted molar refractivity (Wildman–Crippen MR) is 42.0 cm³/mol. The molecule has 0 bridgehead atoms. The standard InChI is InChI=1S/C8H14N2/c1-2-6-10(5-1)8-3-4-9-7-8/h1-2,8-9H,3-7H2/t8-/m1/s1. The van der Waals surface area contributed by atoms with Crippen molar-refractivity contribution in [3.05, 3.63) is 12.2 Å². The molecule has 0 aromatic rings. The van der Waals surface area contributed by atoms with E-state index in [2.05, 4.69) is 22.4 Å². The second-order valence-corrected chi connectivity index (χ2v) is 3.07. The van der Waals surface area contributed by atoms with Crippen molar-refractivity contribution in [3.63, 3.8) is 0 Å². The smallest absolute Gasteiger partial charge is 0.0239 e. The molecule has 1 N–H and O–H groups in total. The minimum atomic E-state index is 0.815. The summed E-state index contributed by atoms with van der Waals surface area (Å²) in [5, 5.41) is 3.38. The fourth-order valence-corrected chi connectivity index (χ4v) is 1.74. The lowest BCUT2D eigenvalue weighted by molar-refractivity contribution is 0.269. The van der Waals surface area contributed by atoms with Gasteiger partial charge < -0.3 is 5.32 Å². The molecule has 56 valence electrons. The van der Waals surface area contributed by atoms with E-state index in [9.17, 15) is 0 Å². The third kappa shape index (κ3) is 1.09. The van der Waals surface area contributed by atoms with Gasteiger partial charge in [0.1, 0.15) is 0 Å². The van der Waals surface area contributed by atoms with Crippen LogP contribution in [-0.4, -0.2) is 37.1 Å². The molecule has 0 amide bonds. The van der Waals surface area contributed by atoms with Crippen LogP contribution >= 0.6 is 0 Å². The molecule has 0 aromatic carbocycles. The number of nitrogens with zero attached hydrogens (tertiary/aromatic N) is 1. The number of hydrogen-bond acceptors (Lipinski definition) is 2. The van der Waals surface area contributed by atoms with Crippen LogP contribution in [0.4, 0.5) is 0 Å². The molecule has 2 aliphatic rings. The molecule has 2 heteroatoms. The van der Waals surface area contributed by atoms with Crippen LogP contribution in [0, 0.1) is 0 Å². The van der Waals surface area contributed by atoms with Crippen LogP contribution in [0.1, 0.15) is 6.42 Å². The van der Waals surface area contributed by atoms with Crippen molar-refractivity contribution in [1.29, 1.82) is 0 Å². The zero-order chi connectivity index (χ0) is 6.81. The molecular weight excluding hydrogens is 124 g/mol. The van der Waals surface area contributed by atoms with Crippen molar-refractivity contribution in [2.45, 2.75) is 12.5 Å². The van der Waals surface area contributed by atoms with Gasteiger partial charge in [0.25, 0.3) is 0 Å². The first-order chi connectivity index (χ1) is 4.97. The molecule has 2 nitrogen and oxygen atoms in total. The zero-order valence-electron chi connectivity index (χ0n) is 6.21. The van der Waals surface area contributed by atoms with Gasteiger partial charge in [-0.1, -0.05) is 12.2 Å². The summed E-state index contributed by atoms with van der Waals surface area (Å²) in [6.07, 6.45) is 5.86. The van der Waals surface area contributed by atoms with Gasteiger partial charge in [0.2, 0.25) is 0 Å². The molecule has 0 aliphatic carbocycles. The Bertz CT molecular complexity index is 128. The fraction of sp³-hybridized carbons (Fsp3) is 0.750. The normalized spacial score (nSPS) is 33.8. The van der Waals surface area contributed by atoms with Gasteiger partial charge in [-0.25, -0.2) is 0 Å². The van der Waals surface area contributed by atoms with E-state index < -0.39 is 0 Å². The first-order valence-corrected chi connectivity index (χ1v) is 4.06. The molecular formula is C8H14N2. The second kappa shape index (κ2) is 2.72. The number of rotatable bonds is 1. The average Bonchev–Trinajstić information content (AvgIpc) is 2.59. The summed E-state index contributed by atoms with van der Waals surface area (Å²) in [7, 11) is 0. The quantitative estimate of drug-likeness (QED) is 0.521. The Morgan fingerprint density at radius 1 is 1.30 bits per heavy atom. The van der Waals surface area contributed by atoms with E-state index in [1.165, 1.54) is 32.6 Å². The van der Waals surface area contributed by atoms with Gasteiger partial charge in [0.05, 0.1) is 0 Å². The van der Waals surface area contributed by atoms with E-state index in [0.29, 0.717) is 0 Å². The molecule has 1 atom stereocenters. The fourth-order valence-electron chi connectivity index (χ4n) is 1.74. The molecule has 0 spiro atoms. The lowest BCUT2D eigenvalue weighted by Gasteiger charge is -2.21. The minimum absolute atomic E-state index is 0.815. The van der Waals surface area contributed by atoms with Crippen molar-refractivity contribution >= 4 is 0 Å². The monoisotopic (exact) mass is 138 g/mol. The van der Waals surface area contributed by atoms with Crippen molar-refractivity contribution < 1.29 is 0 Å². The lowest BCUT2D eigenvalue weighted by Crippen LogP contribution is -2.34. The average molecular weight is 138 g/mol. The highest BCUT2D eigenvalue weighted by molar-refractivity contribution is 4.99. The van der Waals surface area contributed by atoms with Crippen LogP contribution in [0.3, 0.4) is 0 Å². The maximum atomic E-state index is 3.38. The van der Waals surface area contributed by atoms with Crippen molar-refractivity contribution in [1.82, 2.24) is 10.2 Å². The molecule has 10 heavy (non-hydrogen) atoms. The second-order valence-electron chi connectivity index (χ2n) is 3.07. The molecule has 0 aromatic heterocycles. The van der Waals surface area contributed by atoms with Crippen LogP contribution in [0.15, 0.2) is 12.2 Å². The first kappa shape index (κ1) is 6.38. The van der Waals surface area contributed by atoms with Crippen molar-refractivity contribution in [2.24, 2.45) is 0 Å². The highest BCUT2D eigenvalue weighted by Gasteiger charge is 2.21.